The lowest BCUT2D eigenvalue weighted by molar-refractivity contribution is -0.325. The number of hydrogen-bond donors (Lipinski definition) is 3. The van der Waals surface area contributed by atoms with Gasteiger partial charge in [-0.25, -0.2) is 4.90 Å². The van der Waals surface area contributed by atoms with Crippen LogP contribution >= 0.6 is 11.8 Å². The largest absolute Gasteiger partial charge is 0.480 e. The molecule has 0 aromatic heterocycles. The van der Waals surface area contributed by atoms with Crippen LogP contribution in [0.3, 0.4) is 0 Å². The van der Waals surface area contributed by atoms with Gasteiger partial charge in [-0.2, -0.15) is 0 Å². The Labute approximate surface area is 104 Å². The molecule has 0 aromatic rings. The molecule has 0 spiro atoms. The Morgan fingerprint density at radius 2 is 2.41 bits per heavy atom. The molecule has 2 rings (SSSR count). The predicted molar refractivity (Wildman–Crippen MR) is 64.1 cm³/mol. The van der Waals surface area contributed by atoms with E-state index in [0.29, 0.717) is 12.4 Å². The van der Waals surface area contributed by atoms with Crippen molar-refractivity contribution in [1.29, 1.82) is 0 Å². The van der Waals surface area contributed by atoms with Gasteiger partial charge >= 0.3 is 5.97 Å². The summed E-state index contributed by atoms with van der Waals surface area (Å²) in [5, 5.41) is 16.8. The molecule has 17 heavy (non-hydrogen) atoms. The highest BCUT2D eigenvalue weighted by atomic mass is 32.2. The highest BCUT2D eigenvalue weighted by molar-refractivity contribution is 8.00. The van der Waals surface area contributed by atoms with Gasteiger partial charge in [-0.05, 0) is 7.05 Å². The summed E-state index contributed by atoms with van der Waals surface area (Å²) in [7, 11) is 3.49. The van der Waals surface area contributed by atoms with E-state index in [1.54, 1.807) is 23.9 Å². The summed E-state index contributed by atoms with van der Waals surface area (Å²) in [5.41, 5.74) is 0. The molecule has 2 atom stereocenters. The smallest absolute Gasteiger partial charge is 0.321 e. The van der Waals surface area contributed by atoms with Crippen LogP contribution in [0.2, 0.25) is 0 Å². The normalized spacial score (nSPS) is 33.4. The topological polar surface area (TPSA) is 77.1 Å². The first-order valence-corrected chi connectivity index (χ1v) is 6.49. The second-order valence-corrected chi connectivity index (χ2v) is 5.17. The molecule has 2 unspecified atom stereocenters. The molecule has 2 fully saturated rings. The molecule has 7 nitrogen and oxygen atoms in total. The van der Waals surface area contributed by atoms with Crippen LogP contribution in [0.1, 0.15) is 0 Å². The summed E-state index contributed by atoms with van der Waals surface area (Å²) in [6.45, 7) is 2.10. The minimum absolute atomic E-state index is 0.437. The van der Waals surface area contributed by atoms with E-state index < -0.39 is 17.1 Å². The van der Waals surface area contributed by atoms with Gasteiger partial charge < -0.3 is 10.4 Å². The fraction of sp³-hybridized carbons (Fsp3) is 0.889. The van der Waals surface area contributed by atoms with Crippen molar-refractivity contribution in [3.63, 3.8) is 0 Å². The summed E-state index contributed by atoms with van der Waals surface area (Å²) in [4.78, 5) is 18.3. The first-order chi connectivity index (χ1) is 8.15. The number of carbonyl (C=O) groups is 1. The van der Waals surface area contributed by atoms with Gasteiger partial charge in [0.2, 0.25) is 5.12 Å². The molecule has 0 aliphatic carbocycles. The van der Waals surface area contributed by atoms with Crippen LogP contribution in [0.5, 0.6) is 0 Å². The first kappa shape index (κ1) is 13.1. The summed E-state index contributed by atoms with van der Waals surface area (Å²) in [6.07, 6.45) is 0. The molecule has 0 radical (unpaired) electrons. The Morgan fingerprint density at radius 3 is 3.00 bits per heavy atom. The molecule has 98 valence electrons. The van der Waals surface area contributed by atoms with Crippen molar-refractivity contribution in [2.24, 2.45) is 0 Å². The van der Waals surface area contributed by atoms with E-state index in [1.165, 1.54) is 0 Å². The zero-order valence-electron chi connectivity index (χ0n) is 9.97. The Kier molecular flexibility index (Phi) is 3.91. The van der Waals surface area contributed by atoms with Crippen molar-refractivity contribution < 1.29 is 14.7 Å². The average molecular weight is 262 g/mol. The third-order valence-corrected chi connectivity index (χ3v) is 4.53. The number of hydroxylamine groups is 2. The van der Waals surface area contributed by atoms with Crippen molar-refractivity contribution in [3.8, 4) is 0 Å². The highest BCUT2D eigenvalue weighted by Crippen LogP contribution is 2.46. The van der Waals surface area contributed by atoms with E-state index in [9.17, 15) is 4.79 Å². The average Bonchev–Trinajstić information content (AvgIpc) is 2.56. The van der Waals surface area contributed by atoms with E-state index in [1.807, 2.05) is 11.9 Å². The van der Waals surface area contributed by atoms with E-state index in [2.05, 4.69) is 10.6 Å². The summed E-state index contributed by atoms with van der Waals surface area (Å²) in [5.74, 6) is -0.201. The van der Waals surface area contributed by atoms with Crippen LogP contribution in [0.15, 0.2) is 0 Å². The summed E-state index contributed by atoms with van der Waals surface area (Å²) < 4.78 is 0. The quantitative estimate of drug-likeness (QED) is 0.512. The maximum atomic E-state index is 11.1. The van der Waals surface area contributed by atoms with Gasteiger partial charge in [0, 0.05) is 18.8 Å². The van der Waals surface area contributed by atoms with E-state index in [0.717, 1.165) is 13.1 Å². The minimum Gasteiger partial charge on any atom is -0.480 e. The fourth-order valence-corrected chi connectivity index (χ4v) is 3.67. The monoisotopic (exact) mass is 262 g/mol. The summed E-state index contributed by atoms with van der Waals surface area (Å²) >= 11 is 1.57. The Bertz CT molecular complexity index is 306. The number of nitrogens with one attached hydrogen (secondary N) is 2. The van der Waals surface area contributed by atoms with Gasteiger partial charge in [-0.1, -0.05) is 0 Å². The number of aliphatic carboxylic acids is 1. The van der Waals surface area contributed by atoms with Crippen molar-refractivity contribution in [3.05, 3.63) is 0 Å². The standard InChI is InChI=1S/C9H18N4O3S/c1-10-3-4-11-9-12(6-13(9)16-2)7(5-17-9)8(14)15/h7,10-11H,3-6H2,1-2H3,(H,14,15). The number of rotatable bonds is 6. The third kappa shape index (κ3) is 2.05. The molecule has 0 saturated carbocycles. The van der Waals surface area contributed by atoms with Gasteiger partial charge in [0.05, 0.1) is 13.8 Å². The molecule has 2 aliphatic rings. The van der Waals surface area contributed by atoms with Crippen molar-refractivity contribution in [2.75, 3.05) is 39.7 Å². The zero-order chi connectivity index (χ0) is 12.5. The molecule has 3 N–H and O–H groups in total. The van der Waals surface area contributed by atoms with Crippen LogP contribution in [-0.4, -0.2) is 71.9 Å². The molecule has 2 heterocycles. The van der Waals surface area contributed by atoms with Crippen LogP contribution in [-0.2, 0) is 9.63 Å². The molecular weight excluding hydrogens is 244 g/mol. The predicted octanol–water partition coefficient (Wildman–Crippen LogP) is -1.26. The van der Waals surface area contributed by atoms with Crippen LogP contribution in [0, 0.1) is 0 Å². The Morgan fingerprint density at radius 1 is 1.65 bits per heavy atom. The van der Waals surface area contributed by atoms with Gasteiger partial charge in [0.15, 0.2) is 0 Å². The lowest BCUT2D eigenvalue weighted by Gasteiger charge is -2.55. The second kappa shape index (κ2) is 5.09. The number of carboxylic acids is 1. The lowest BCUT2D eigenvalue weighted by Crippen LogP contribution is -2.77. The molecule has 2 saturated heterocycles. The Hall–Kier alpha value is -0.380. The second-order valence-electron chi connectivity index (χ2n) is 3.98. The number of fused-ring (bicyclic) bond motifs is 1. The van der Waals surface area contributed by atoms with Crippen molar-refractivity contribution in [1.82, 2.24) is 20.6 Å². The molecule has 2 aliphatic heterocycles. The van der Waals surface area contributed by atoms with Crippen molar-refractivity contribution >= 4 is 17.7 Å². The zero-order valence-corrected chi connectivity index (χ0v) is 10.8. The molecule has 8 heteroatoms. The maximum Gasteiger partial charge on any atom is 0.321 e. The fourth-order valence-electron chi connectivity index (χ4n) is 2.12. The van der Waals surface area contributed by atoms with Crippen LogP contribution in [0.4, 0.5) is 0 Å². The van der Waals surface area contributed by atoms with E-state index in [4.69, 9.17) is 9.94 Å². The number of hydrogen-bond acceptors (Lipinski definition) is 7. The van der Waals surface area contributed by atoms with E-state index in [-0.39, 0.29) is 0 Å². The van der Waals surface area contributed by atoms with Crippen molar-refractivity contribution in [2.45, 2.75) is 11.2 Å². The van der Waals surface area contributed by atoms with Gasteiger partial charge in [-0.3, -0.25) is 14.9 Å². The summed E-state index contributed by atoms with van der Waals surface area (Å²) in [6, 6.07) is -0.437. The van der Waals surface area contributed by atoms with Crippen LogP contribution in [0.25, 0.3) is 0 Å². The maximum absolute atomic E-state index is 11.1. The number of likely N-dealkylation sites (N-methyl/N-ethyl adjacent to an activating group) is 1. The number of thioether (sulfide) groups is 1. The number of nitrogens with zero attached hydrogens (tertiary/aromatic N) is 2. The van der Waals surface area contributed by atoms with E-state index >= 15 is 0 Å². The number of carboxylic acid groups (broad SMARTS) is 1. The minimum atomic E-state index is -0.773. The van der Waals surface area contributed by atoms with Gasteiger partial charge in [0.1, 0.15) is 6.04 Å². The van der Waals surface area contributed by atoms with Crippen LogP contribution < -0.4 is 10.6 Å². The molecule has 0 bridgehead atoms. The third-order valence-electron chi connectivity index (χ3n) is 3.06. The molecule has 0 aromatic carbocycles. The first-order valence-electron chi connectivity index (χ1n) is 5.50. The van der Waals surface area contributed by atoms with Gasteiger partial charge in [-0.15, -0.1) is 16.8 Å². The molecular formula is C9H18N4O3S. The molecule has 0 amide bonds. The Balaban J connectivity index is 2.02. The SMILES string of the molecule is CNCCNC12SCC(C(=O)O)N1CN2OC. The van der Waals surface area contributed by atoms with Gasteiger partial charge in [0.25, 0.3) is 0 Å². The highest BCUT2D eigenvalue weighted by Gasteiger charge is 2.62. The lowest BCUT2D eigenvalue weighted by atomic mass is 10.2.